The van der Waals surface area contributed by atoms with Gasteiger partial charge < -0.3 is 15.4 Å². The molecule has 1 N–H and O–H groups in total. The number of nitrogens with zero attached hydrogens (tertiary/aromatic N) is 5. The molecule has 1 aromatic carbocycles. The Morgan fingerprint density at radius 1 is 1.37 bits per heavy atom. The van der Waals surface area contributed by atoms with Crippen molar-refractivity contribution in [1.29, 1.82) is 0 Å². The summed E-state index contributed by atoms with van der Waals surface area (Å²) in [7, 11) is 0. The molecular weight excluding hydrogens is 355 g/mol. The highest BCUT2D eigenvalue weighted by Crippen LogP contribution is 2.13. The van der Waals surface area contributed by atoms with Gasteiger partial charge in [0.15, 0.2) is 0 Å². The van der Waals surface area contributed by atoms with E-state index >= 15 is 0 Å². The Kier molecular flexibility index (Phi) is 5.25. The van der Waals surface area contributed by atoms with Crippen LogP contribution in [0.3, 0.4) is 0 Å². The summed E-state index contributed by atoms with van der Waals surface area (Å²) in [6.45, 7) is 2.15. The zero-order valence-corrected chi connectivity index (χ0v) is 14.5. The van der Waals surface area contributed by atoms with Crippen LogP contribution in [-0.4, -0.2) is 30.4 Å². The molecule has 0 unspecified atom stereocenters. The first kappa shape index (κ1) is 18.2. The Labute approximate surface area is 153 Å². The lowest BCUT2D eigenvalue weighted by molar-refractivity contribution is -0.389. The molecule has 0 atom stereocenters. The summed E-state index contributed by atoms with van der Waals surface area (Å²) in [4.78, 5) is 22.2. The predicted octanol–water partition coefficient (Wildman–Crippen LogP) is 2.51. The molecule has 3 aromatic rings. The summed E-state index contributed by atoms with van der Waals surface area (Å²) in [5.41, 5.74) is 1.58. The maximum absolute atomic E-state index is 13.7. The van der Waals surface area contributed by atoms with Crippen LogP contribution in [0.2, 0.25) is 0 Å². The molecule has 0 saturated heterocycles. The van der Waals surface area contributed by atoms with Gasteiger partial charge in [-0.1, -0.05) is 18.2 Å². The van der Waals surface area contributed by atoms with Gasteiger partial charge in [0.25, 0.3) is 0 Å². The molecule has 0 fully saturated rings. The van der Waals surface area contributed by atoms with E-state index in [1.165, 1.54) is 27.7 Å². The van der Waals surface area contributed by atoms with Crippen molar-refractivity contribution in [3.63, 3.8) is 0 Å². The first-order valence-electron chi connectivity index (χ1n) is 8.17. The fourth-order valence-electron chi connectivity index (χ4n) is 2.56. The highest BCUT2D eigenvalue weighted by Gasteiger charge is 2.16. The van der Waals surface area contributed by atoms with Gasteiger partial charge in [0.2, 0.25) is 5.91 Å². The van der Waals surface area contributed by atoms with E-state index in [-0.39, 0.29) is 37.1 Å². The predicted molar refractivity (Wildman–Crippen MR) is 94.6 cm³/mol. The zero-order valence-electron chi connectivity index (χ0n) is 14.5. The molecule has 10 heteroatoms. The number of carbonyl (C=O) groups is 1. The molecule has 0 bridgehead atoms. The van der Waals surface area contributed by atoms with Crippen molar-refractivity contribution in [2.45, 2.75) is 26.4 Å². The van der Waals surface area contributed by atoms with Crippen molar-refractivity contribution in [3.8, 4) is 0 Å². The van der Waals surface area contributed by atoms with E-state index in [1.807, 2.05) is 0 Å². The molecule has 1 amide bonds. The molecule has 9 nitrogen and oxygen atoms in total. The highest BCUT2D eigenvalue weighted by molar-refractivity contribution is 5.90. The fraction of sp³-hybridized carbons (Fsp3) is 0.235. The number of nitro groups is 1. The van der Waals surface area contributed by atoms with E-state index in [0.29, 0.717) is 16.9 Å². The molecule has 27 heavy (non-hydrogen) atoms. The molecule has 0 saturated carbocycles. The molecule has 0 spiro atoms. The Morgan fingerprint density at radius 3 is 2.85 bits per heavy atom. The van der Waals surface area contributed by atoms with Crippen LogP contribution < -0.4 is 5.32 Å². The number of benzene rings is 1. The van der Waals surface area contributed by atoms with Crippen LogP contribution >= 0.6 is 0 Å². The second-order valence-electron chi connectivity index (χ2n) is 5.94. The Hall–Kier alpha value is -3.56. The minimum absolute atomic E-state index is 0.0954. The van der Waals surface area contributed by atoms with E-state index in [1.54, 1.807) is 31.3 Å². The van der Waals surface area contributed by atoms with Gasteiger partial charge in [-0.15, -0.1) is 0 Å². The monoisotopic (exact) mass is 372 g/mol. The van der Waals surface area contributed by atoms with Crippen molar-refractivity contribution >= 4 is 17.4 Å². The first-order valence-corrected chi connectivity index (χ1v) is 8.17. The summed E-state index contributed by atoms with van der Waals surface area (Å²) < 4.78 is 16.6. The number of hydrogen-bond acceptors (Lipinski definition) is 5. The SMILES string of the molecule is Cc1cc([N+](=O)[O-])nn1CCC(=O)Nc1cnn(Cc2ccccc2F)c1. The van der Waals surface area contributed by atoms with Crippen molar-refractivity contribution in [1.82, 2.24) is 19.6 Å². The Balaban J connectivity index is 1.55. The van der Waals surface area contributed by atoms with Gasteiger partial charge in [0.05, 0.1) is 41.8 Å². The molecule has 0 aliphatic heterocycles. The summed E-state index contributed by atoms with van der Waals surface area (Å²) >= 11 is 0. The van der Waals surface area contributed by atoms with Gasteiger partial charge >= 0.3 is 5.82 Å². The van der Waals surface area contributed by atoms with Crippen LogP contribution in [-0.2, 0) is 17.9 Å². The lowest BCUT2D eigenvalue weighted by atomic mass is 10.2. The van der Waals surface area contributed by atoms with Crippen LogP contribution in [0.1, 0.15) is 17.7 Å². The van der Waals surface area contributed by atoms with Crippen molar-refractivity contribution in [2.24, 2.45) is 0 Å². The number of hydrogen-bond donors (Lipinski definition) is 1. The second-order valence-corrected chi connectivity index (χ2v) is 5.94. The van der Waals surface area contributed by atoms with E-state index in [2.05, 4.69) is 15.5 Å². The third kappa shape index (κ3) is 4.54. The van der Waals surface area contributed by atoms with Crippen LogP contribution in [0.4, 0.5) is 15.9 Å². The normalized spacial score (nSPS) is 10.7. The Bertz CT molecular complexity index is 981. The van der Waals surface area contributed by atoms with E-state index in [9.17, 15) is 19.3 Å². The van der Waals surface area contributed by atoms with Gasteiger partial charge in [-0.2, -0.15) is 9.78 Å². The summed E-state index contributed by atoms with van der Waals surface area (Å²) in [5, 5.41) is 21.3. The van der Waals surface area contributed by atoms with Crippen LogP contribution in [0.25, 0.3) is 0 Å². The highest BCUT2D eigenvalue weighted by atomic mass is 19.1. The van der Waals surface area contributed by atoms with E-state index < -0.39 is 4.92 Å². The van der Waals surface area contributed by atoms with E-state index in [4.69, 9.17) is 0 Å². The minimum Gasteiger partial charge on any atom is -0.358 e. The maximum atomic E-state index is 13.7. The number of carbonyl (C=O) groups excluding carboxylic acids is 1. The number of anilines is 1. The number of amides is 1. The van der Waals surface area contributed by atoms with Gasteiger partial charge in [0, 0.05) is 18.2 Å². The lowest BCUT2D eigenvalue weighted by Gasteiger charge is -2.03. The molecule has 140 valence electrons. The third-order valence-corrected chi connectivity index (χ3v) is 3.91. The van der Waals surface area contributed by atoms with Gasteiger partial charge in [-0.05, 0) is 17.9 Å². The van der Waals surface area contributed by atoms with Crippen LogP contribution in [0, 0.1) is 22.9 Å². The van der Waals surface area contributed by atoms with Crippen LogP contribution in [0.15, 0.2) is 42.7 Å². The first-order chi connectivity index (χ1) is 12.9. The smallest absolute Gasteiger partial charge is 0.358 e. The number of halogens is 1. The molecule has 3 rings (SSSR count). The standard InChI is InChI=1S/C17H17FN6O3/c1-12-8-16(24(26)27)21-23(12)7-6-17(25)20-14-9-19-22(11-14)10-13-4-2-3-5-15(13)18/h2-5,8-9,11H,6-7,10H2,1H3,(H,20,25). The average molecular weight is 372 g/mol. The van der Waals surface area contributed by atoms with Crippen LogP contribution in [0.5, 0.6) is 0 Å². The zero-order chi connectivity index (χ0) is 19.4. The third-order valence-electron chi connectivity index (χ3n) is 3.91. The van der Waals surface area contributed by atoms with Gasteiger partial charge in [0.1, 0.15) is 5.82 Å². The number of aromatic nitrogens is 4. The second kappa shape index (κ2) is 7.77. The summed E-state index contributed by atoms with van der Waals surface area (Å²) in [6, 6.07) is 7.75. The maximum Gasteiger partial charge on any atom is 0.390 e. The van der Waals surface area contributed by atoms with E-state index in [0.717, 1.165) is 0 Å². The molecule has 0 aliphatic carbocycles. The average Bonchev–Trinajstić information content (AvgIpc) is 3.21. The molecule has 0 radical (unpaired) electrons. The number of aryl methyl sites for hydroxylation is 2. The molecular formula is C17H17FN6O3. The molecule has 0 aliphatic rings. The molecule has 2 heterocycles. The van der Waals surface area contributed by atoms with Gasteiger partial charge in [-0.25, -0.2) is 4.39 Å². The summed E-state index contributed by atoms with van der Waals surface area (Å²) in [5.74, 6) is -0.845. The number of rotatable bonds is 7. The topological polar surface area (TPSA) is 108 Å². The van der Waals surface area contributed by atoms with Gasteiger partial charge in [-0.3, -0.25) is 9.48 Å². The van der Waals surface area contributed by atoms with Crippen molar-refractivity contribution < 1.29 is 14.1 Å². The largest absolute Gasteiger partial charge is 0.390 e. The summed E-state index contributed by atoms with van der Waals surface area (Å²) in [6.07, 6.45) is 3.18. The number of nitrogens with one attached hydrogen (secondary N) is 1. The fourth-order valence-corrected chi connectivity index (χ4v) is 2.56. The van der Waals surface area contributed by atoms with Crippen molar-refractivity contribution in [3.05, 3.63) is 69.9 Å². The van der Waals surface area contributed by atoms with Crippen molar-refractivity contribution in [2.75, 3.05) is 5.32 Å². The lowest BCUT2D eigenvalue weighted by Crippen LogP contribution is -2.15. The Morgan fingerprint density at radius 2 is 2.15 bits per heavy atom. The minimum atomic E-state index is -0.576. The molecule has 2 aromatic heterocycles. The quantitative estimate of drug-likeness (QED) is 0.506.